The normalized spacial score (nSPS) is 33.2. The summed E-state index contributed by atoms with van der Waals surface area (Å²) in [7, 11) is 0. The minimum absolute atomic E-state index is 0.0593. The van der Waals surface area contributed by atoms with Gasteiger partial charge in [0.1, 0.15) is 11.6 Å². The fourth-order valence-corrected chi connectivity index (χ4v) is 4.12. The van der Waals surface area contributed by atoms with Gasteiger partial charge in [0, 0.05) is 25.1 Å². The van der Waals surface area contributed by atoms with Gasteiger partial charge < -0.3 is 20.1 Å². The summed E-state index contributed by atoms with van der Waals surface area (Å²) in [6.45, 7) is 2.56. The van der Waals surface area contributed by atoms with Crippen molar-refractivity contribution in [1.29, 1.82) is 0 Å². The minimum atomic E-state index is -1.07. The molecule has 0 spiro atoms. The summed E-state index contributed by atoms with van der Waals surface area (Å²) in [6.07, 6.45) is 0.895. The molecule has 0 aromatic heterocycles. The molecule has 7 heteroatoms. The monoisotopic (exact) mass is 344 g/mol. The first-order valence-electron chi connectivity index (χ1n) is 8.42. The Bertz CT molecular complexity index is 768. The van der Waals surface area contributed by atoms with Crippen molar-refractivity contribution >= 4 is 23.5 Å². The lowest BCUT2D eigenvalue weighted by atomic mass is 9.62. The Kier molecular flexibility index (Phi) is 3.40. The number of benzene rings is 1. The van der Waals surface area contributed by atoms with Crippen LogP contribution in [0.1, 0.15) is 24.8 Å². The molecule has 7 nitrogen and oxygen atoms in total. The fourth-order valence-electron chi connectivity index (χ4n) is 4.12. The molecular weight excluding hydrogens is 324 g/mol. The zero-order chi connectivity index (χ0) is 17.8. The van der Waals surface area contributed by atoms with Crippen molar-refractivity contribution in [3.8, 4) is 0 Å². The van der Waals surface area contributed by atoms with Gasteiger partial charge in [0.25, 0.3) is 5.91 Å². The van der Waals surface area contributed by atoms with Crippen LogP contribution in [0.15, 0.2) is 24.3 Å². The number of aliphatic carboxylic acids is 1. The van der Waals surface area contributed by atoms with Crippen molar-refractivity contribution in [2.45, 2.75) is 37.8 Å². The molecule has 2 N–H and O–H groups in total. The standard InChI is InChI=1S/C18H20N2O5/c1-11-3-2-4-12(7-11)20-6-5-13(14(20)21)19-15(22)18-8-17(9-18,10-25-18)16(23)24/h2-4,7,13H,5-6,8-10H2,1H3,(H,19,22)(H,23,24). The molecular formula is C18H20N2O5. The number of hydrogen-bond donors (Lipinski definition) is 2. The first-order valence-corrected chi connectivity index (χ1v) is 8.42. The third-order valence-corrected chi connectivity index (χ3v) is 5.56. The van der Waals surface area contributed by atoms with E-state index in [4.69, 9.17) is 4.74 Å². The van der Waals surface area contributed by atoms with Crippen molar-refractivity contribution in [2.75, 3.05) is 18.1 Å². The summed E-state index contributed by atoms with van der Waals surface area (Å²) in [5, 5.41) is 12.0. The summed E-state index contributed by atoms with van der Waals surface area (Å²) in [5.41, 5.74) is -0.110. The molecule has 3 heterocycles. The summed E-state index contributed by atoms with van der Waals surface area (Å²) >= 11 is 0. The second kappa shape index (κ2) is 5.29. The molecule has 132 valence electrons. The van der Waals surface area contributed by atoms with E-state index >= 15 is 0 Å². The Labute approximate surface area is 144 Å². The first kappa shape index (κ1) is 16.1. The largest absolute Gasteiger partial charge is 0.481 e. The van der Waals surface area contributed by atoms with Crippen molar-refractivity contribution < 1.29 is 24.2 Å². The van der Waals surface area contributed by atoms with Crippen LogP contribution in [0.4, 0.5) is 5.69 Å². The Hall–Kier alpha value is -2.41. The number of nitrogens with one attached hydrogen (secondary N) is 1. The Balaban J connectivity index is 1.42. The predicted octanol–water partition coefficient (Wildman–Crippen LogP) is 0.850. The maximum absolute atomic E-state index is 12.6. The van der Waals surface area contributed by atoms with Gasteiger partial charge in [0.15, 0.2) is 0 Å². The van der Waals surface area contributed by atoms with Crippen molar-refractivity contribution in [3.05, 3.63) is 29.8 Å². The highest BCUT2D eigenvalue weighted by Crippen LogP contribution is 2.58. The quantitative estimate of drug-likeness (QED) is 0.844. The van der Waals surface area contributed by atoms with E-state index in [1.807, 2.05) is 31.2 Å². The van der Waals surface area contributed by atoms with Crippen molar-refractivity contribution in [3.63, 3.8) is 0 Å². The molecule has 1 aromatic carbocycles. The Morgan fingerprint density at radius 2 is 2.12 bits per heavy atom. The van der Waals surface area contributed by atoms with E-state index in [-0.39, 0.29) is 31.3 Å². The molecule has 1 saturated carbocycles. The molecule has 2 amide bonds. The van der Waals surface area contributed by atoms with E-state index in [9.17, 15) is 19.5 Å². The number of carbonyl (C=O) groups is 3. The van der Waals surface area contributed by atoms with E-state index in [1.54, 1.807) is 4.90 Å². The molecule has 3 aliphatic heterocycles. The predicted molar refractivity (Wildman–Crippen MR) is 88.1 cm³/mol. The number of nitrogens with zero attached hydrogens (tertiary/aromatic N) is 1. The van der Waals surface area contributed by atoms with Crippen LogP contribution in [0.25, 0.3) is 0 Å². The number of rotatable bonds is 4. The lowest BCUT2D eigenvalue weighted by Gasteiger charge is -2.40. The molecule has 1 unspecified atom stereocenters. The van der Waals surface area contributed by atoms with Crippen LogP contribution >= 0.6 is 0 Å². The van der Waals surface area contributed by atoms with Crippen LogP contribution in [0.3, 0.4) is 0 Å². The highest BCUT2D eigenvalue weighted by atomic mass is 16.5. The van der Waals surface area contributed by atoms with Gasteiger partial charge in [0.2, 0.25) is 5.91 Å². The van der Waals surface area contributed by atoms with Gasteiger partial charge in [-0.2, -0.15) is 0 Å². The average molecular weight is 344 g/mol. The second-order valence-electron chi connectivity index (χ2n) is 7.37. The first-order chi connectivity index (χ1) is 11.9. The number of amides is 2. The third kappa shape index (κ3) is 2.33. The molecule has 5 rings (SSSR count). The molecule has 4 fully saturated rings. The molecule has 3 saturated heterocycles. The maximum Gasteiger partial charge on any atom is 0.312 e. The Morgan fingerprint density at radius 3 is 2.76 bits per heavy atom. The molecule has 1 aromatic rings. The van der Waals surface area contributed by atoms with Crippen LogP contribution in [0.2, 0.25) is 0 Å². The molecule has 0 radical (unpaired) electrons. The zero-order valence-electron chi connectivity index (χ0n) is 13.9. The molecule has 25 heavy (non-hydrogen) atoms. The van der Waals surface area contributed by atoms with Crippen LogP contribution in [-0.2, 0) is 19.1 Å². The van der Waals surface area contributed by atoms with Crippen LogP contribution in [0.5, 0.6) is 0 Å². The summed E-state index contributed by atoms with van der Waals surface area (Å²) < 4.78 is 5.50. The lowest BCUT2D eigenvalue weighted by molar-refractivity contribution is -0.159. The number of hydrogen-bond acceptors (Lipinski definition) is 4. The van der Waals surface area contributed by atoms with E-state index in [0.717, 1.165) is 11.3 Å². The van der Waals surface area contributed by atoms with Gasteiger partial charge in [-0.15, -0.1) is 0 Å². The SMILES string of the molecule is Cc1cccc(N2CCC(NC(=O)C34CC(C(=O)O)(CO3)C4)C2=O)c1. The minimum Gasteiger partial charge on any atom is -0.481 e. The van der Waals surface area contributed by atoms with Gasteiger partial charge in [-0.25, -0.2) is 0 Å². The number of carbonyl (C=O) groups excluding carboxylic acids is 2. The van der Waals surface area contributed by atoms with Crippen molar-refractivity contribution in [2.24, 2.45) is 5.41 Å². The highest BCUT2D eigenvalue weighted by Gasteiger charge is 2.70. The van der Waals surface area contributed by atoms with Gasteiger partial charge in [-0.1, -0.05) is 12.1 Å². The molecule has 2 bridgehead atoms. The van der Waals surface area contributed by atoms with E-state index in [0.29, 0.717) is 13.0 Å². The number of aryl methyl sites for hydroxylation is 1. The van der Waals surface area contributed by atoms with Gasteiger partial charge >= 0.3 is 5.97 Å². The number of anilines is 1. The van der Waals surface area contributed by atoms with Gasteiger partial charge in [-0.05, 0) is 31.0 Å². The number of carboxylic acids is 1. The Morgan fingerprint density at radius 1 is 1.36 bits per heavy atom. The van der Waals surface area contributed by atoms with Crippen LogP contribution in [0, 0.1) is 12.3 Å². The summed E-state index contributed by atoms with van der Waals surface area (Å²) in [4.78, 5) is 38.2. The van der Waals surface area contributed by atoms with Gasteiger partial charge in [-0.3, -0.25) is 14.4 Å². The molecule has 1 atom stereocenters. The summed E-state index contributed by atoms with van der Waals surface area (Å²) in [6, 6.07) is 7.08. The fraction of sp³-hybridized carbons (Fsp3) is 0.500. The van der Waals surface area contributed by atoms with Crippen molar-refractivity contribution in [1.82, 2.24) is 5.32 Å². The lowest BCUT2D eigenvalue weighted by Crippen LogP contribution is -2.59. The molecule has 1 aliphatic carbocycles. The van der Waals surface area contributed by atoms with E-state index in [2.05, 4.69) is 5.32 Å². The highest BCUT2D eigenvalue weighted by molar-refractivity contribution is 6.02. The molecule has 4 aliphatic rings. The number of fused-ring (bicyclic) bond motifs is 1. The maximum atomic E-state index is 12.6. The van der Waals surface area contributed by atoms with Gasteiger partial charge in [0.05, 0.1) is 12.0 Å². The number of carboxylic acid groups (broad SMARTS) is 1. The van der Waals surface area contributed by atoms with E-state index < -0.39 is 23.0 Å². The topological polar surface area (TPSA) is 95.9 Å². The number of ether oxygens (including phenoxy) is 1. The van der Waals surface area contributed by atoms with E-state index in [1.165, 1.54) is 0 Å². The smallest absolute Gasteiger partial charge is 0.312 e. The summed E-state index contributed by atoms with van der Waals surface area (Å²) in [5.74, 6) is -1.43. The van der Waals surface area contributed by atoms with Crippen LogP contribution in [-0.4, -0.2) is 47.7 Å². The third-order valence-electron chi connectivity index (χ3n) is 5.56. The average Bonchev–Trinajstić information content (AvgIpc) is 3.20. The second-order valence-corrected chi connectivity index (χ2v) is 7.37. The van der Waals surface area contributed by atoms with Crippen LogP contribution < -0.4 is 10.2 Å². The zero-order valence-corrected chi connectivity index (χ0v) is 13.9.